The Morgan fingerprint density at radius 2 is 1.95 bits per heavy atom. The zero-order valence-electron chi connectivity index (χ0n) is 11.0. The van der Waals surface area contributed by atoms with Crippen LogP contribution in [0.5, 0.6) is 0 Å². The van der Waals surface area contributed by atoms with E-state index in [-0.39, 0.29) is 12.1 Å². The first-order chi connectivity index (χ1) is 8.95. The van der Waals surface area contributed by atoms with E-state index in [1.165, 1.54) is 4.31 Å². The number of nitrogens with zero attached hydrogens (tertiary/aromatic N) is 1. The third-order valence-corrected chi connectivity index (χ3v) is 5.54. The summed E-state index contributed by atoms with van der Waals surface area (Å²) in [4.78, 5) is 0.308. The molecule has 1 aliphatic heterocycles. The molecule has 0 bridgehead atoms. The van der Waals surface area contributed by atoms with E-state index >= 15 is 0 Å². The second-order valence-corrected chi connectivity index (χ2v) is 7.00. The fourth-order valence-electron chi connectivity index (χ4n) is 2.09. The van der Waals surface area contributed by atoms with Crippen LogP contribution in [-0.4, -0.2) is 38.0 Å². The minimum Gasteiger partial charge on any atom is -0.375 e. The van der Waals surface area contributed by atoms with Crippen LogP contribution in [0.4, 0.5) is 0 Å². The van der Waals surface area contributed by atoms with Crippen molar-refractivity contribution in [3.63, 3.8) is 0 Å². The second kappa shape index (κ2) is 5.79. The molecule has 0 radical (unpaired) electrons. The average Bonchev–Trinajstić information content (AvgIpc) is 2.41. The minimum atomic E-state index is -3.46. The highest BCUT2D eigenvalue weighted by Gasteiger charge is 2.33. The van der Waals surface area contributed by atoms with Gasteiger partial charge in [-0.15, -0.1) is 11.6 Å². The van der Waals surface area contributed by atoms with E-state index in [0.717, 1.165) is 5.56 Å². The van der Waals surface area contributed by atoms with Crippen molar-refractivity contribution in [1.29, 1.82) is 0 Å². The molecule has 0 N–H and O–H groups in total. The lowest BCUT2D eigenvalue weighted by Crippen LogP contribution is -2.50. The monoisotopic (exact) mass is 303 g/mol. The van der Waals surface area contributed by atoms with Crippen LogP contribution in [0, 0.1) is 0 Å². The van der Waals surface area contributed by atoms with E-state index in [1.54, 1.807) is 24.3 Å². The van der Waals surface area contributed by atoms with Crippen molar-refractivity contribution in [2.24, 2.45) is 0 Å². The van der Waals surface area contributed by atoms with Gasteiger partial charge in [0.25, 0.3) is 0 Å². The first-order valence-corrected chi connectivity index (χ1v) is 8.21. The third kappa shape index (κ3) is 3.11. The molecule has 6 heteroatoms. The minimum absolute atomic E-state index is 0.0758. The lowest BCUT2D eigenvalue weighted by Gasteiger charge is -2.35. The van der Waals surface area contributed by atoms with Crippen LogP contribution in [0.25, 0.3) is 0 Å². The quantitative estimate of drug-likeness (QED) is 0.805. The van der Waals surface area contributed by atoms with E-state index in [0.29, 0.717) is 23.9 Å². The molecule has 0 aliphatic carbocycles. The van der Waals surface area contributed by atoms with Crippen molar-refractivity contribution < 1.29 is 13.2 Å². The molecule has 2 rings (SSSR count). The zero-order valence-corrected chi connectivity index (χ0v) is 12.6. The highest BCUT2D eigenvalue weighted by atomic mass is 35.5. The van der Waals surface area contributed by atoms with Gasteiger partial charge in [0.05, 0.1) is 17.6 Å². The van der Waals surface area contributed by atoms with Crippen molar-refractivity contribution in [2.75, 3.05) is 13.2 Å². The smallest absolute Gasteiger partial charge is 0.243 e. The van der Waals surface area contributed by atoms with E-state index in [4.69, 9.17) is 16.3 Å². The maximum atomic E-state index is 12.6. The molecule has 2 atom stereocenters. The number of benzene rings is 1. The Balaban J connectivity index is 2.29. The molecular formula is C13H18ClNO3S. The van der Waals surface area contributed by atoms with Gasteiger partial charge in [0, 0.05) is 18.5 Å². The van der Waals surface area contributed by atoms with Gasteiger partial charge in [-0.05, 0) is 31.5 Å². The van der Waals surface area contributed by atoms with Crippen molar-refractivity contribution in [2.45, 2.75) is 36.8 Å². The predicted molar refractivity (Wildman–Crippen MR) is 74.8 cm³/mol. The summed E-state index contributed by atoms with van der Waals surface area (Å²) in [5.74, 6) is 0.380. The lowest BCUT2D eigenvalue weighted by atomic mass is 10.2. The molecule has 1 aromatic carbocycles. The number of hydrogen-bond acceptors (Lipinski definition) is 3. The molecule has 0 amide bonds. The van der Waals surface area contributed by atoms with Crippen molar-refractivity contribution in [3.05, 3.63) is 29.8 Å². The Hall–Kier alpha value is -0.620. The van der Waals surface area contributed by atoms with Crippen LogP contribution in [-0.2, 0) is 20.6 Å². The van der Waals surface area contributed by atoms with E-state index in [9.17, 15) is 8.42 Å². The summed E-state index contributed by atoms with van der Waals surface area (Å²) in [6.07, 6.45) is -0.0758. The molecule has 0 spiro atoms. The van der Waals surface area contributed by atoms with Gasteiger partial charge in [-0.2, -0.15) is 4.31 Å². The van der Waals surface area contributed by atoms with Crippen molar-refractivity contribution >= 4 is 21.6 Å². The van der Waals surface area contributed by atoms with Gasteiger partial charge in [-0.1, -0.05) is 12.1 Å². The molecule has 1 heterocycles. The van der Waals surface area contributed by atoms with E-state index in [1.807, 2.05) is 13.8 Å². The number of halogens is 1. The lowest BCUT2D eigenvalue weighted by molar-refractivity contribution is -0.0170. The molecule has 0 saturated carbocycles. The van der Waals surface area contributed by atoms with Crippen LogP contribution < -0.4 is 0 Å². The maximum Gasteiger partial charge on any atom is 0.243 e. The SMILES string of the molecule is CC1CN(S(=O)(=O)c2ccc(CCl)cc2)C(C)CO1. The number of sulfonamides is 1. The fraction of sp³-hybridized carbons (Fsp3) is 0.538. The van der Waals surface area contributed by atoms with Crippen LogP contribution in [0.3, 0.4) is 0 Å². The Morgan fingerprint density at radius 3 is 2.53 bits per heavy atom. The molecule has 4 nitrogen and oxygen atoms in total. The first-order valence-electron chi connectivity index (χ1n) is 6.23. The standard InChI is InChI=1S/C13H18ClNO3S/c1-10-9-18-11(2)8-15(10)19(16,17)13-5-3-12(7-14)4-6-13/h3-6,10-11H,7-9H2,1-2H3. The molecule has 19 heavy (non-hydrogen) atoms. The van der Waals surface area contributed by atoms with Gasteiger partial charge in [0.1, 0.15) is 0 Å². The summed E-state index contributed by atoms with van der Waals surface area (Å²) in [6.45, 7) is 4.56. The largest absolute Gasteiger partial charge is 0.375 e. The topological polar surface area (TPSA) is 46.6 Å². The van der Waals surface area contributed by atoms with Gasteiger partial charge >= 0.3 is 0 Å². The van der Waals surface area contributed by atoms with Gasteiger partial charge in [0.2, 0.25) is 10.0 Å². The predicted octanol–water partition coefficient (Wildman–Crippen LogP) is 2.22. The van der Waals surface area contributed by atoms with Crippen molar-refractivity contribution in [3.8, 4) is 0 Å². The molecule has 106 valence electrons. The molecule has 2 unspecified atom stereocenters. The molecule has 0 aromatic heterocycles. The molecule has 1 saturated heterocycles. The summed E-state index contributed by atoms with van der Waals surface area (Å²) in [7, 11) is -3.46. The number of hydrogen-bond donors (Lipinski definition) is 0. The fourth-order valence-corrected chi connectivity index (χ4v) is 3.96. The Bertz CT molecular complexity index is 529. The van der Waals surface area contributed by atoms with Crippen LogP contribution >= 0.6 is 11.6 Å². The number of morpholine rings is 1. The molecule has 1 aromatic rings. The molecule has 1 aliphatic rings. The first kappa shape index (κ1) is 14.8. The van der Waals surface area contributed by atoms with Gasteiger partial charge < -0.3 is 4.74 Å². The Morgan fingerprint density at radius 1 is 1.32 bits per heavy atom. The van der Waals surface area contributed by atoms with Crippen LogP contribution in [0.2, 0.25) is 0 Å². The number of alkyl halides is 1. The number of rotatable bonds is 3. The van der Waals surface area contributed by atoms with Gasteiger partial charge in [0.15, 0.2) is 0 Å². The Labute approximate surface area is 119 Å². The summed E-state index contributed by atoms with van der Waals surface area (Å²) in [5.41, 5.74) is 0.906. The Kier molecular flexibility index (Phi) is 4.50. The second-order valence-electron chi connectivity index (χ2n) is 4.85. The normalized spacial score (nSPS) is 25.4. The van der Waals surface area contributed by atoms with Gasteiger partial charge in [-0.25, -0.2) is 8.42 Å². The summed E-state index contributed by atoms with van der Waals surface area (Å²) in [6, 6.07) is 6.57. The van der Waals surface area contributed by atoms with Gasteiger partial charge in [-0.3, -0.25) is 0 Å². The third-order valence-electron chi connectivity index (χ3n) is 3.23. The highest BCUT2D eigenvalue weighted by Crippen LogP contribution is 2.23. The zero-order chi connectivity index (χ0) is 14.0. The maximum absolute atomic E-state index is 12.6. The number of ether oxygens (including phenoxy) is 1. The van der Waals surface area contributed by atoms with Crippen LogP contribution in [0.15, 0.2) is 29.2 Å². The summed E-state index contributed by atoms with van der Waals surface area (Å²) in [5, 5.41) is 0. The summed E-state index contributed by atoms with van der Waals surface area (Å²) < 4.78 is 32.1. The van der Waals surface area contributed by atoms with Crippen LogP contribution in [0.1, 0.15) is 19.4 Å². The molecule has 1 fully saturated rings. The average molecular weight is 304 g/mol. The van der Waals surface area contributed by atoms with E-state index < -0.39 is 10.0 Å². The highest BCUT2D eigenvalue weighted by molar-refractivity contribution is 7.89. The van der Waals surface area contributed by atoms with E-state index in [2.05, 4.69) is 0 Å². The summed E-state index contributed by atoms with van der Waals surface area (Å²) >= 11 is 5.71. The van der Waals surface area contributed by atoms with Crippen molar-refractivity contribution in [1.82, 2.24) is 4.31 Å². The molecular weight excluding hydrogens is 286 g/mol.